The SMILES string of the molecule is O=C(Cn1ccc([N+](=O)[O-])n1)NCCN1CCNCC1. The van der Waals surface area contributed by atoms with E-state index in [1.165, 1.54) is 16.9 Å². The number of rotatable bonds is 6. The Morgan fingerprint density at radius 3 is 2.90 bits per heavy atom. The van der Waals surface area contributed by atoms with Gasteiger partial charge >= 0.3 is 5.82 Å². The van der Waals surface area contributed by atoms with Gasteiger partial charge in [-0.1, -0.05) is 0 Å². The van der Waals surface area contributed by atoms with Crippen molar-refractivity contribution in [2.45, 2.75) is 6.54 Å². The maximum absolute atomic E-state index is 11.7. The number of hydrogen-bond acceptors (Lipinski definition) is 6. The Balaban J connectivity index is 1.67. The van der Waals surface area contributed by atoms with Crippen molar-refractivity contribution in [3.63, 3.8) is 0 Å². The largest absolute Gasteiger partial charge is 0.389 e. The van der Waals surface area contributed by atoms with E-state index in [1.807, 2.05) is 0 Å². The van der Waals surface area contributed by atoms with Crippen molar-refractivity contribution in [3.8, 4) is 0 Å². The zero-order valence-corrected chi connectivity index (χ0v) is 11.1. The maximum Gasteiger partial charge on any atom is 0.389 e. The van der Waals surface area contributed by atoms with Crippen LogP contribution in [0.5, 0.6) is 0 Å². The van der Waals surface area contributed by atoms with Crippen molar-refractivity contribution in [1.29, 1.82) is 0 Å². The average Bonchev–Trinajstić information content (AvgIpc) is 2.88. The molecule has 1 saturated heterocycles. The van der Waals surface area contributed by atoms with Crippen LogP contribution in [0.3, 0.4) is 0 Å². The predicted octanol–water partition coefficient (Wildman–Crippen LogP) is -1.19. The summed E-state index contributed by atoms with van der Waals surface area (Å²) in [6.07, 6.45) is 1.42. The van der Waals surface area contributed by atoms with E-state index >= 15 is 0 Å². The van der Waals surface area contributed by atoms with Gasteiger partial charge in [0.1, 0.15) is 6.54 Å². The minimum atomic E-state index is -0.585. The molecule has 2 N–H and O–H groups in total. The second-order valence-electron chi connectivity index (χ2n) is 4.57. The van der Waals surface area contributed by atoms with E-state index in [-0.39, 0.29) is 18.3 Å². The summed E-state index contributed by atoms with van der Waals surface area (Å²) in [5, 5.41) is 20.2. The van der Waals surface area contributed by atoms with Crippen LogP contribution in [0.1, 0.15) is 0 Å². The first kappa shape index (κ1) is 14.4. The Morgan fingerprint density at radius 2 is 2.25 bits per heavy atom. The van der Waals surface area contributed by atoms with Gasteiger partial charge in [-0.25, -0.2) is 0 Å². The molecule has 0 unspecified atom stereocenters. The van der Waals surface area contributed by atoms with Crippen molar-refractivity contribution < 1.29 is 9.72 Å². The van der Waals surface area contributed by atoms with Crippen LogP contribution in [-0.4, -0.2) is 64.8 Å². The number of amides is 1. The van der Waals surface area contributed by atoms with Crippen LogP contribution in [0, 0.1) is 10.1 Å². The summed E-state index contributed by atoms with van der Waals surface area (Å²) in [5.41, 5.74) is 0. The predicted molar refractivity (Wildman–Crippen MR) is 71.2 cm³/mol. The molecule has 1 aromatic heterocycles. The summed E-state index contributed by atoms with van der Waals surface area (Å²) in [5.74, 6) is -0.447. The number of nitro groups is 1. The van der Waals surface area contributed by atoms with E-state index in [4.69, 9.17) is 0 Å². The second-order valence-corrected chi connectivity index (χ2v) is 4.57. The van der Waals surface area contributed by atoms with Gasteiger partial charge in [-0.05, 0) is 4.92 Å². The highest BCUT2D eigenvalue weighted by Crippen LogP contribution is 2.04. The molecule has 0 spiro atoms. The Bertz CT molecular complexity index is 468. The van der Waals surface area contributed by atoms with Crippen molar-refractivity contribution in [2.75, 3.05) is 39.3 Å². The Hall–Kier alpha value is -2.00. The second kappa shape index (κ2) is 6.96. The van der Waals surface area contributed by atoms with Crippen LogP contribution in [0.25, 0.3) is 0 Å². The van der Waals surface area contributed by atoms with E-state index in [9.17, 15) is 14.9 Å². The van der Waals surface area contributed by atoms with Gasteiger partial charge < -0.3 is 20.7 Å². The lowest BCUT2D eigenvalue weighted by Gasteiger charge is -2.27. The Morgan fingerprint density at radius 1 is 1.50 bits per heavy atom. The molecule has 1 aromatic rings. The van der Waals surface area contributed by atoms with Crippen molar-refractivity contribution in [3.05, 3.63) is 22.4 Å². The number of carbonyl (C=O) groups is 1. The molecule has 1 fully saturated rings. The lowest BCUT2D eigenvalue weighted by Crippen LogP contribution is -2.46. The first-order valence-corrected chi connectivity index (χ1v) is 6.53. The van der Waals surface area contributed by atoms with Gasteiger partial charge in [-0.2, -0.15) is 4.68 Å². The molecular formula is C11H18N6O3. The number of piperazine rings is 1. The molecule has 20 heavy (non-hydrogen) atoms. The topological polar surface area (TPSA) is 105 Å². The molecule has 1 aliphatic heterocycles. The van der Waals surface area contributed by atoms with Crippen LogP contribution in [0.2, 0.25) is 0 Å². The summed E-state index contributed by atoms with van der Waals surface area (Å²) >= 11 is 0. The van der Waals surface area contributed by atoms with Crippen molar-refractivity contribution in [1.82, 2.24) is 25.3 Å². The number of aromatic nitrogens is 2. The fourth-order valence-corrected chi connectivity index (χ4v) is 2.03. The third-order valence-electron chi connectivity index (χ3n) is 3.08. The first-order valence-electron chi connectivity index (χ1n) is 6.53. The lowest BCUT2D eigenvalue weighted by molar-refractivity contribution is -0.389. The molecule has 2 rings (SSSR count). The van der Waals surface area contributed by atoms with Crippen LogP contribution in [-0.2, 0) is 11.3 Å². The summed E-state index contributed by atoms with van der Waals surface area (Å²) in [7, 11) is 0. The monoisotopic (exact) mass is 282 g/mol. The maximum atomic E-state index is 11.7. The zero-order valence-electron chi connectivity index (χ0n) is 11.1. The standard InChI is InChI=1S/C11H18N6O3/c18-11(9-16-5-1-10(14-16)17(19)20)13-4-8-15-6-2-12-3-7-15/h1,5,12H,2-4,6-9H2,(H,13,18). The Kier molecular flexibility index (Phi) is 5.02. The summed E-state index contributed by atoms with van der Waals surface area (Å²) < 4.78 is 1.26. The number of nitrogens with one attached hydrogen (secondary N) is 2. The smallest absolute Gasteiger partial charge is 0.358 e. The molecule has 2 heterocycles. The highest BCUT2D eigenvalue weighted by Gasteiger charge is 2.13. The van der Waals surface area contributed by atoms with Gasteiger partial charge in [-0.3, -0.25) is 9.69 Å². The fraction of sp³-hybridized carbons (Fsp3) is 0.636. The van der Waals surface area contributed by atoms with Gasteiger partial charge in [0.25, 0.3) is 0 Å². The highest BCUT2D eigenvalue weighted by molar-refractivity contribution is 5.75. The molecule has 9 nitrogen and oxygen atoms in total. The van der Waals surface area contributed by atoms with Gasteiger partial charge in [0.2, 0.25) is 5.91 Å². The highest BCUT2D eigenvalue weighted by atomic mass is 16.6. The summed E-state index contributed by atoms with van der Waals surface area (Å²) in [4.78, 5) is 23.8. The van der Waals surface area contributed by atoms with Crippen molar-refractivity contribution in [2.24, 2.45) is 0 Å². The fourth-order valence-electron chi connectivity index (χ4n) is 2.03. The normalized spacial score (nSPS) is 16.0. The molecular weight excluding hydrogens is 264 g/mol. The van der Waals surface area contributed by atoms with Gasteiger partial charge in [0.15, 0.2) is 0 Å². The number of nitrogens with zero attached hydrogens (tertiary/aromatic N) is 4. The molecule has 0 saturated carbocycles. The third-order valence-corrected chi connectivity index (χ3v) is 3.08. The molecule has 0 aliphatic carbocycles. The Labute approximate surface area is 116 Å². The molecule has 0 atom stereocenters. The van der Waals surface area contributed by atoms with Gasteiger partial charge in [-0.15, -0.1) is 0 Å². The van der Waals surface area contributed by atoms with Crippen molar-refractivity contribution >= 4 is 11.7 Å². The van der Waals surface area contributed by atoms with Crippen LogP contribution < -0.4 is 10.6 Å². The molecule has 0 bridgehead atoms. The first-order chi connectivity index (χ1) is 9.65. The van der Waals surface area contributed by atoms with E-state index in [2.05, 4.69) is 20.6 Å². The minimum Gasteiger partial charge on any atom is -0.358 e. The van der Waals surface area contributed by atoms with Crippen LogP contribution >= 0.6 is 0 Å². The molecule has 1 amide bonds. The van der Waals surface area contributed by atoms with Crippen LogP contribution in [0.15, 0.2) is 12.3 Å². The quantitative estimate of drug-likeness (QED) is 0.502. The molecule has 0 radical (unpaired) electrons. The molecule has 0 aromatic carbocycles. The number of hydrogen-bond donors (Lipinski definition) is 2. The molecule has 1 aliphatic rings. The van der Waals surface area contributed by atoms with Gasteiger partial charge in [0, 0.05) is 39.3 Å². The minimum absolute atomic E-state index is 0.00457. The van der Waals surface area contributed by atoms with E-state index < -0.39 is 4.92 Å². The summed E-state index contributed by atoms with van der Waals surface area (Å²) in [6.45, 7) is 5.31. The average molecular weight is 282 g/mol. The van der Waals surface area contributed by atoms with E-state index in [0.29, 0.717) is 6.54 Å². The number of carbonyl (C=O) groups excluding carboxylic acids is 1. The third kappa shape index (κ3) is 4.28. The van der Waals surface area contributed by atoms with Gasteiger partial charge in [0.05, 0.1) is 17.4 Å². The molecule has 9 heteroatoms. The van der Waals surface area contributed by atoms with E-state index in [0.717, 1.165) is 32.7 Å². The lowest BCUT2D eigenvalue weighted by atomic mass is 10.3. The summed E-state index contributed by atoms with van der Waals surface area (Å²) in [6, 6.07) is 1.27. The molecule has 110 valence electrons. The van der Waals surface area contributed by atoms with E-state index in [1.54, 1.807) is 0 Å². The zero-order chi connectivity index (χ0) is 14.4. The van der Waals surface area contributed by atoms with Crippen LogP contribution in [0.4, 0.5) is 5.82 Å².